The number of anilines is 1. The highest BCUT2D eigenvalue weighted by Gasteiger charge is 2.28. The van der Waals surface area contributed by atoms with Crippen LogP contribution < -0.4 is 10.6 Å². The van der Waals surface area contributed by atoms with E-state index in [2.05, 4.69) is 64.8 Å². The van der Waals surface area contributed by atoms with Gasteiger partial charge in [-0.1, -0.05) is 15.9 Å². The SMILES string of the molecule is Cc1cc(N2CC(C)N(C)CC2CN)ccc1Br. The third-order valence-electron chi connectivity index (χ3n) is 3.90. The van der Waals surface area contributed by atoms with Crippen molar-refractivity contribution in [3.8, 4) is 0 Å². The van der Waals surface area contributed by atoms with Crippen molar-refractivity contribution in [1.29, 1.82) is 0 Å². The third-order valence-corrected chi connectivity index (χ3v) is 4.79. The molecule has 1 aliphatic rings. The first-order chi connectivity index (χ1) is 8.52. The van der Waals surface area contributed by atoms with Crippen molar-refractivity contribution in [3.05, 3.63) is 28.2 Å². The largest absolute Gasteiger partial charge is 0.364 e. The van der Waals surface area contributed by atoms with E-state index in [1.54, 1.807) is 0 Å². The lowest BCUT2D eigenvalue weighted by Gasteiger charge is -2.45. The molecule has 3 nitrogen and oxygen atoms in total. The second-order valence-corrected chi connectivity index (χ2v) is 6.12. The smallest absolute Gasteiger partial charge is 0.0540 e. The molecule has 2 rings (SSSR count). The first kappa shape index (κ1) is 13.8. The zero-order valence-corrected chi connectivity index (χ0v) is 12.9. The van der Waals surface area contributed by atoms with E-state index in [0.717, 1.165) is 17.6 Å². The number of hydrogen-bond acceptors (Lipinski definition) is 3. The lowest BCUT2D eigenvalue weighted by molar-refractivity contribution is 0.202. The van der Waals surface area contributed by atoms with Gasteiger partial charge in [0.1, 0.15) is 0 Å². The van der Waals surface area contributed by atoms with Gasteiger partial charge in [-0.05, 0) is 44.7 Å². The van der Waals surface area contributed by atoms with Gasteiger partial charge in [0.15, 0.2) is 0 Å². The molecule has 2 atom stereocenters. The Kier molecular flexibility index (Phi) is 4.30. The maximum Gasteiger partial charge on any atom is 0.0540 e. The van der Waals surface area contributed by atoms with Crippen LogP contribution in [0.2, 0.25) is 0 Å². The van der Waals surface area contributed by atoms with Gasteiger partial charge in [-0.25, -0.2) is 0 Å². The Balaban J connectivity index is 2.26. The highest BCUT2D eigenvalue weighted by molar-refractivity contribution is 9.10. The van der Waals surface area contributed by atoms with Crippen molar-refractivity contribution >= 4 is 21.6 Å². The van der Waals surface area contributed by atoms with E-state index in [1.807, 2.05) is 0 Å². The number of halogens is 1. The fourth-order valence-corrected chi connectivity index (χ4v) is 2.76. The number of aryl methyl sites for hydroxylation is 1. The minimum Gasteiger partial charge on any atom is -0.364 e. The third kappa shape index (κ3) is 2.71. The molecule has 100 valence electrons. The molecule has 0 amide bonds. The molecular formula is C14H22BrN3. The molecule has 0 bridgehead atoms. The lowest BCUT2D eigenvalue weighted by atomic mass is 10.1. The van der Waals surface area contributed by atoms with Crippen LogP contribution in [-0.4, -0.2) is 43.7 Å². The van der Waals surface area contributed by atoms with Gasteiger partial charge in [-0.2, -0.15) is 0 Å². The number of rotatable bonds is 2. The number of likely N-dealkylation sites (N-methyl/N-ethyl adjacent to an activating group) is 1. The molecule has 1 aromatic rings. The molecular weight excluding hydrogens is 290 g/mol. The molecule has 0 aromatic heterocycles. The molecule has 1 saturated heterocycles. The van der Waals surface area contributed by atoms with Crippen LogP contribution in [-0.2, 0) is 0 Å². The highest BCUT2D eigenvalue weighted by atomic mass is 79.9. The monoisotopic (exact) mass is 311 g/mol. The summed E-state index contributed by atoms with van der Waals surface area (Å²) in [6.45, 7) is 7.17. The van der Waals surface area contributed by atoms with Crippen LogP contribution in [0.1, 0.15) is 12.5 Å². The lowest BCUT2D eigenvalue weighted by Crippen LogP contribution is -2.58. The van der Waals surface area contributed by atoms with Crippen molar-refractivity contribution in [2.24, 2.45) is 5.73 Å². The molecule has 2 unspecified atom stereocenters. The maximum atomic E-state index is 5.93. The minimum atomic E-state index is 0.409. The molecule has 0 saturated carbocycles. The maximum absolute atomic E-state index is 5.93. The molecule has 4 heteroatoms. The molecule has 18 heavy (non-hydrogen) atoms. The van der Waals surface area contributed by atoms with Crippen LogP contribution in [0.15, 0.2) is 22.7 Å². The van der Waals surface area contributed by atoms with Crippen LogP contribution >= 0.6 is 15.9 Å². The Labute approximate surface area is 118 Å². The van der Waals surface area contributed by atoms with Crippen molar-refractivity contribution in [2.75, 3.05) is 31.6 Å². The standard InChI is InChI=1S/C14H22BrN3/c1-10-6-12(4-5-14(10)15)18-8-11(2)17(3)9-13(18)7-16/h4-6,11,13H,7-9,16H2,1-3H3. The van der Waals surface area contributed by atoms with Crippen LogP contribution in [0.3, 0.4) is 0 Å². The van der Waals surface area contributed by atoms with Gasteiger partial charge in [-0.3, -0.25) is 4.90 Å². The van der Waals surface area contributed by atoms with Gasteiger partial charge >= 0.3 is 0 Å². The summed E-state index contributed by atoms with van der Waals surface area (Å²) in [7, 11) is 2.18. The Morgan fingerprint density at radius 3 is 2.72 bits per heavy atom. The molecule has 1 aromatic carbocycles. The van der Waals surface area contributed by atoms with Gasteiger partial charge in [0.05, 0.1) is 6.04 Å². The molecule has 2 N–H and O–H groups in total. The predicted octanol–water partition coefficient (Wildman–Crippen LogP) is 2.23. The van der Waals surface area contributed by atoms with Crippen molar-refractivity contribution in [3.63, 3.8) is 0 Å². The first-order valence-corrected chi connectivity index (χ1v) is 7.25. The van der Waals surface area contributed by atoms with Gasteiger partial charge in [-0.15, -0.1) is 0 Å². The zero-order valence-electron chi connectivity index (χ0n) is 11.4. The van der Waals surface area contributed by atoms with E-state index in [-0.39, 0.29) is 0 Å². The topological polar surface area (TPSA) is 32.5 Å². The fraction of sp³-hybridized carbons (Fsp3) is 0.571. The summed E-state index contributed by atoms with van der Waals surface area (Å²) in [6.07, 6.45) is 0. The van der Waals surface area contributed by atoms with Gasteiger partial charge in [0.2, 0.25) is 0 Å². The van der Waals surface area contributed by atoms with Gasteiger partial charge in [0, 0.05) is 35.8 Å². The summed E-state index contributed by atoms with van der Waals surface area (Å²) in [5, 5.41) is 0. The Morgan fingerprint density at radius 1 is 1.39 bits per heavy atom. The summed E-state index contributed by atoms with van der Waals surface area (Å²) in [6, 6.07) is 7.52. The average molecular weight is 312 g/mol. The second kappa shape index (κ2) is 5.59. The first-order valence-electron chi connectivity index (χ1n) is 6.46. The number of benzene rings is 1. The number of piperazine rings is 1. The van der Waals surface area contributed by atoms with Gasteiger partial charge in [0.25, 0.3) is 0 Å². The van der Waals surface area contributed by atoms with Crippen molar-refractivity contribution in [1.82, 2.24) is 4.90 Å². The predicted molar refractivity (Wildman–Crippen MR) is 81.2 cm³/mol. The minimum absolute atomic E-state index is 0.409. The summed E-state index contributed by atoms with van der Waals surface area (Å²) in [5.41, 5.74) is 8.49. The van der Waals surface area contributed by atoms with Crippen molar-refractivity contribution in [2.45, 2.75) is 25.9 Å². The van der Waals surface area contributed by atoms with E-state index in [1.165, 1.54) is 11.3 Å². The van der Waals surface area contributed by atoms with E-state index in [0.29, 0.717) is 18.6 Å². The highest BCUT2D eigenvalue weighted by Crippen LogP contribution is 2.26. The Bertz CT molecular complexity index is 422. The van der Waals surface area contributed by atoms with Crippen LogP contribution in [0.5, 0.6) is 0 Å². The van der Waals surface area contributed by atoms with Crippen LogP contribution in [0.4, 0.5) is 5.69 Å². The van der Waals surface area contributed by atoms with Crippen LogP contribution in [0.25, 0.3) is 0 Å². The van der Waals surface area contributed by atoms with E-state index in [9.17, 15) is 0 Å². The Morgan fingerprint density at radius 2 is 2.11 bits per heavy atom. The zero-order chi connectivity index (χ0) is 13.3. The number of nitrogens with two attached hydrogens (primary N) is 1. The van der Waals surface area contributed by atoms with E-state index >= 15 is 0 Å². The van der Waals surface area contributed by atoms with Crippen molar-refractivity contribution < 1.29 is 0 Å². The number of nitrogens with zero attached hydrogens (tertiary/aromatic N) is 2. The van der Waals surface area contributed by atoms with Gasteiger partial charge < -0.3 is 10.6 Å². The normalized spacial score (nSPS) is 25.5. The summed E-state index contributed by atoms with van der Waals surface area (Å²) < 4.78 is 1.16. The second-order valence-electron chi connectivity index (χ2n) is 5.26. The Hall–Kier alpha value is -0.580. The molecule has 1 fully saturated rings. The number of hydrogen-bond donors (Lipinski definition) is 1. The van der Waals surface area contributed by atoms with E-state index in [4.69, 9.17) is 5.73 Å². The van der Waals surface area contributed by atoms with Crippen LogP contribution in [0, 0.1) is 6.92 Å². The molecule has 0 spiro atoms. The fourth-order valence-electron chi connectivity index (χ4n) is 2.51. The molecule has 1 heterocycles. The molecule has 0 radical (unpaired) electrons. The average Bonchev–Trinajstić information content (AvgIpc) is 2.35. The quantitative estimate of drug-likeness (QED) is 0.909. The summed E-state index contributed by atoms with van der Waals surface area (Å²) in [4.78, 5) is 4.84. The summed E-state index contributed by atoms with van der Waals surface area (Å²) in [5.74, 6) is 0. The summed E-state index contributed by atoms with van der Waals surface area (Å²) >= 11 is 3.56. The van der Waals surface area contributed by atoms with E-state index < -0.39 is 0 Å². The molecule has 0 aliphatic carbocycles. The molecule has 1 aliphatic heterocycles.